The van der Waals surface area contributed by atoms with Gasteiger partial charge in [0, 0.05) is 30.9 Å². The predicted molar refractivity (Wildman–Crippen MR) is 94.3 cm³/mol. The maximum absolute atomic E-state index is 3.69. The van der Waals surface area contributed by atoms with Crippen LogP contribution in [-0.4, -0.2) is 12.1 Å². The van der Waals surface area contributed by atoms with Gasteiger partial charge in [-0.05, 0) is 44.4 Å². The van der Waals surface area contributed by atoms with Gasteiger partial charge in [0.15, 0.2) is 0 Å². The van der Waals surface area contributed by atoms with E-state index in [1.807, 2.05) is 0 Å². The maximum Gasteiger partial charge on any atom is 0.0445 e. The Kier molecular flexibility index (Phi) is 3.96. The molecule has 2 nitrogen and oxygen atoms in total. The third kappa shape index (κ3) is 3.17. The molecular formula is C20H26N2. The molecule has 0 saturated heterocycles. The fourth-order valence-electron chi connectivity index (χ4n) is 3.43. The van der Waals surface area contributed by atoms with Crippen LogP contribution in [0, 0.1) is 13.8 Å². The lowest BCUT2D eigenvalue weighted by molar-refractivity contribution is 0.395. The van der Waals surface area contributed by atoms with Crippen molar-refractivity contribution in [1.82, 2.24) is 5.32 Å². The van der Waals surface area contributed by atoms with Gasteiger partial charge in [-0.1, -0.05) is 48.0 Å². The second-order valence-corrected chi connectivity index (χ2v) is 7.17. The summed E-state index contributed by atoms with van der Waals surface area (Å²) in [7, 11) is 0. The zero-order valence-corrected chi connectivity index (χ0v) is 14.1. The first-order chi connectivity index (χ1) is 10.4. The molecule has 2 aromatic rings. The van der Waals surface area contributed by atoms with Crippen molar-refractivity contribution in [3.63, 3.8) is 0 Å². The van der Waals surface area contributed by atoms with Crippen LogP contribution in [0.15, 0.2) is 42.5 Å². The minimum atomic E-state index is 0.106. The second-order valence-electron chi connectivity index (χ2n) is 7.17. The molecule has 0 spiro atoms. The fourth-order valence-corrected chi connectivity index (χ4v) is 3.43. The van der Waals surface area contributed by atoms with E-state index in [4.69, 9.17) is 0 Å². The Hall–Kier alpha value is -1.80. The maximum atomic E-state index is 3.69. The van der Waals surface area contributed by atoms with Gasteiger partial charge < -0.3 is 10.2 Å². The smallest absolute Gasteiger partial charge is 0.0445 e. The number of benzene rings is 2. The molecule has 1 heterocycles. The Balaban J connectivity index is 2.00. The highest BCUT2D eigenvalue weighted by molar-refractivity contribution is 5.60. The first-order valence-corrected chi connectivity index (χ1v) is 8.09. The predicted octanol–water partition coefficient (Wildman–Crippen LogP) is 4.19. The van der Waals surface area contributed by atoms with Gasteiger partial charge in [0.1, 0.15) is 0 Å². The summed E-state index contributed by atoms with van der Waals surface area (Å²) >= 11 is 0. The Bertz CT molecular complexity index is 673. The van der Waals surface area contributed by atoms with Crippen LogP contribution in [0.5, 0.6) is 0 Å². The lowest BCUT2D eigenvalue weighted by Gasteiger charge is -2.33. The largest absolute Gasteiger partial charge is 0.365 e. The van der Waals surface area contributed by atoms with Gasteiger partial charge in [-0.3, -0.25) is 0 Å². The zero-order valence-electron chi connectivity index (χ0n) is 14.1. The molecule has 0 fully saturated rings. The molecule has 1 aliphatic rings. The molecular weight excluding hydrogens is 268 g/mol. The van der Waals surface area contributed by atoms with Gasteiger partial charge >= 0.3 is 0 Å². The van der Waals surface area contributed by atoms with E-state index in [1.165, 1.54) is 27.9 Å². The highest BCUT2D eigenvalue weighted by Gasteiger charge is 2.27. The van der Waals surface area contributed by atoms with Crippen LogP contribution < -0.4 is 10.2 Å². The monoisotopic (exact) mass is 294 g/mol. The van der Waals surface area contributed by atoms with Crippen LogP contribution in [0.2, 0.25) is 0 Å². The summed E-state index contributed by atoms with van der Waals surface area (Å²) in [6.45, 7) is 11.9. The highest BCUT2D eigenvalue weighted by Crippen LogP contribution is 2.31. The van der Waals surface area contributed by atoms with Crippen LogP contribution in [0.3, 0.4) is 0 Å². The Morgan fingerprint density at radius 3 is 2.64 bits per heavy atom. The van der Waals surface area contributed by atoms with E-state index in [0.717, 1.165) is 19.6 Å². The first kappa shape index (κ1) is 15.1. The lowest BCUT2D eigenvalue weighted by atomic mass is 10.0. The lowest BCUT2D eigenvalue weighted by Crippen LogP contribution is -2.46. The molecule has 116 valence electrons. The average molecular weight is 294 g/mol. The van der Waals surface area contributed by atoms with Crippen LogP contribution in [0.25, 0.3) is 0 Å². The quantitative estimate of drug-likeness (QED) is 0.893. The Labute approximate surface area is 134 Å². The van der Waals surface area contributed by atoms with Gasteiger partial charge in [0.05, 0.1) is 0 Å². The number of fused-ring (bicyclic) bond motifs is 1. The highest BCUT2D eigenvalue weighted by atomic mass is 15.2. The molecule has 0 saturated carbocycles. The molecule has 0 atom stereocenters. The van der Waals surface area contributed by atoms with E-state index >= 15 is 0 Å². The number of para-hydroxylation sites is 1. The topological polar surface area (TPSA) is 15.3 Å². The number of nitrogens with zero attached hydrogens (tertiary/aromatic N) is 1. The summed E-state index contributed by atoms with van der Waals surface area (Å²) in [6.07, 6.45) is 0. The number of aryl methyl sites for hydroxylation is 2. The minimum Gasteiger partial charge on any atom is -0.365 e. The third-order valence-corrected chi connectivity index (χ3v) is 4.44. The van der Waals surface area contributed by atoms with E-state index in [9.17, 15) is 0 Å². The third-order valence-electron chi connectivity index (χ3n) is 4.44. The Morgan fingerprint density at radius 1 is 1.09 bits per heavy atom. The molecule has 0 unspecified atom stereocenters. The van der Waals surface area contributed by atoms with Gasteiger partial charge in [-0.25, -0.2) is 0 Å². The first-order valence-electron chi connectivity index (χ1n) is 8.09. The molecule has 2 aromatic carbocycles. The summed E-state index contributed by atoms with van der Waals surface area (Å²) < 4.78 is 0. The van der Waals surface area contributed by atoms with Crippen molar-refractivity contribution < 1.29 is 0 Å². The minimum absolute atomic E-state index is 0.106. The standard InChI is InChI=1S/C20H26N2/c1-15-7-5-9-17(11-15)13-22-14-20(3,4)21-12-18-10-6-8-16(2)19(18)22/h5-11,21H,12-14H2,1-4H3. The number of hydrogen-bond acceptors (Lipinski definition) is 2. The molecule has 3 rings (SSSR count). The zero-order chi connectivity index (χ0) is 15.7. The van der Waals surface area contributed by atoms with Crippen molar-refractivity contribution in [2.24, 2.45) is 0 Å². The van der Waals surface area contributed by atoms with E-state index in [2.05, 4.69) is 80.4 Å². The molecule has 0 aliphatic carbocycles. The van der Waals surface area contributed by atoms with E-state index in [1.54, 1.807) is 0 Å². The van der Waals surface area contributed by atoms with Gasteiger partial charge in [0.25, 0.3) is 0 Å². The summed E-state index contributed by atoms with van der Waals surface area (Å²) in [6, 6.07) is 15.5. The molecule has 0 bridgehead atoms. The van der Waals surface area contributed by atoms with Crippen molar-refractivity contribution in [3.8, 4) is 0 Å². The molecule has 2 heteroatoms. The van der Waals surface area contributed by atoms with E-state index < -0.39 is 0 Å². The van der Waals surface area contributed by atoms with Crippen molar-refractivity contribution in [2.45, 2.75) is 46.3 Å². The number of anilines is 1. The van der Waals surface area contributed by atoms with Crippen LogP contribution >= 0.6 is 0 Å². The molecule has 0 amide bonds. The van der Waals surface area contributed by atoms with Crippen LogP contribution in [-0.2, 0) is 13.1 Å². The van der Waals surface area contributed by atoms with Crippen molar-refractivity contribution in [3.05, 3.63) is 64.7 Å². The molecule has 22 heavy (non-hydrogen) atoms. The van der Waals surface area contributed by atoms with Gasteiger partial charge in [-0.15, -0.1) is 0 Å². The van der Waals surface area contributed by atoms with Gasteiger partial charge in [0.2, 0.25) is 0 Å². The van der Waals surface area contributed by atoms with Crippen molar-refractivity contribution in [1.29, 1.82) is 0 Å². The number of nitrogens with one attached hydrogen (secondary N) is 1. The summed E-state index contributed by atoms with van der Waals surface area (Å²) in [5, 5.41) is 3.69. The summed E-state index contributed by atoms with van der Waals surface area (Å²) in [4.78, 5) is 2.54. The van der Waals surface area contributed by atoms with Crippen LogP contribution in [0.1, 0.15) is 36.1 Å². The van der Waals surface area contributed by atoms with Crippen molar-refractivity contribution >= 4 is 5.69 Å². The molecule has 1 N–H and O–H groups in total. The van der Waals surface area contributed by atoms with Crippen molar-refractivity contribution in [2.75, 3.05) is 11.4 Å². The molecule has 0 aromatic heterocycles. The van der Waals surface area contributed by atoms with Gasteiger partial charge in [-0.2, -0.15) is 0 Å². The fraction of sp³-hybridized carbons (Fsp3) is 0.400. The number of rotatable bonds is 2. The number of hydrogen-bond donors (Lipinski definition) is 1. The van der Waals surface area contributed by atoms with Crippen LogP contribution in [0.4, 0.5) is 5.69 Å². The summed E-state index contributed by atoms with van der Waals surface area (Å²) in [5.41, 5.74) is 6.99. The SMILES string of the molecule is Cc1cccc(CN2CC(C)(C)NCc3cccc(C)c32)c1. The Morgan fingerprint density at radius 2 is 1.86 bits per heavy atom. The molecule has 0 radical (unpaired) electrons. The normalized spacial score (nSPS) is 17.0. The average Bonchev–Trinajstić information content (AvgIpc) is 2.56. The summed E-state index contributed by atoms with van der Waals surface area (Å²) in [5.74, 6) is 0. The second kappa shape index (κ2) is 5.77. The van der Waals surface area contributed by atoms with E-state index in [-0.39, 0.29) is 5.54 Å². The van der Waals surface area contributed by atoms with E-state index in [0.29, 0.717) is 0 Å². The molecule has 1 aliphatic heterocycles.